The molecule has 1 saturated carbocycles. The van der Waals surface area contributed by atoms with E-state index in [4.69, 9.17) is 5.73 Å². The van der Waals surface area contributed by atoms with Crippen LogP contribution in [0.15, 0.2) is 24.3 Å². The van der Waals surface area contributed by atoms with Gasteiger partial charge in [-0.1, -0.05) is 24.3 Å². The number of hydrogen-bond acceptors (Lipinski definition) is 2. The topological polar surface area (TPSA) is 29.3 Å². The lowest BCUT2D eigenvalue weighted by Gasteiger charge is -2.21. The molecule has 18 heavy (non-hydrogen) atoms. The minimum Gasteiger partial charge on any atom is -0.327 e. The molecule has 0 amide bonds. The smallest absolute Gasteiger partial charge is 0.0233 e. The molecule has 0 bridgehead atoms. The van der Waals surface area contributed by atoms with Crippen molar-refractivity contribution in [3.8, 4) is 0 Å². The van der Waals surface area contributed by atoms with Gasteiger partial charge in [0, 0.05) is 18.0 Å². The van der Waals surface area contributed by atoms with E-state index in [0.29, 0.717) is 5.41 Å². The van der Waals surface area contributed by atoms with E-state index in [2.05, 4.69) is 36.1 Å². The predicted octanol–water partition coefficient (Wildman–Crippen LogP) is 2.66. The summed E-state index contributed by atoms with van der Waals surface area (Å²) in [5.74, 6) is 0. The Morgan fingerprint density at radius 2 is 1.78 bits per heavy atom. The van der Waals surface area contributed by atoms with Gasteiger partial charge in [0.1, 0.15) is 0 Å². The van der Waals surface area contributed by atoms with Crippen molar-refractivity contribution < 1.29 is 0 Å². The Kier molecular flexibility index (Phi) is 3.16. The molecule has 1 heterocycles. The fourth-order valence-electron chi connectivity index (χ4n) is 3.28. The Hall–Kier alpha value is -0.860. The van der Waals surface area contributed by atoms with Crippen molar-refractivity contribution in [2.45, 2.75) is 50.6 Å². The average Bonchev–Trinajstić information content (AvgIpc) is 3.04. The molecule has 2 aliphatic rings. The minimum atomic E-state index is 0.280. The maximum Gasteiger partial charge on any atom is 0.0233 e. The number of hydrogen-bond donors (Lipinski definition) is 1. The molecule has 1 aliphatic carbocycles. The summed E-state index contributed by atoms with van der Waals surface area (Å²) >= 11 is 0. The van der Waals surface area contributed by atoms with E-state index >= 15 is 0 Å². The highest BCUT2D eigenvalue weighted by Crippen LogP contribution is 2.50. The van der Waals surface area contributed by atoms with Gasteiger partial charge in [-0.25, -0.2) is 0 Å². The molecule has 3 rings (SSSR count). The van der Waals surface area contributed by atoms with Crippen molar-refractivity contribution in [1.29, 1.82) is 0 Å². The maximum atomic E-state index is 6.13. The third-order valence-electron chi connectivity index (χ3n) is 4.79. The van der Waals surface area contributed by atoms with E-state index in [1.165, 1.54) is 49.9 Å². The van der Waals surface area contributed by atoms with E-state index < -0.39 is 0 Å². The van der Waals surface area contributed by atoms with Gasteiger partial charge in [0.25, 0.3) is 0 Å². The van der Waals surface area contributed by atoms with Crippen molar-refractivity contribution in [3.05, 3.63) is 35.4 Å². The molecule has 0 aromatic heterocycles. The standard InChI is InChI=1S/C16H24N2/c1-13(17)16(8-9-16)15-6-4-14(5-7-15)12-18-10-2-3-11-18/h4-7,13H,2-3,8-12,17H2,1H3. The molecule has 1 unspecified atom stereocenters. The van der Waals surface area contributed by atoms with Crippen LogP contribution in [0.1, 0.15) is 43.7 Å². The van der Waals surface area contributed by atoms with Gasteiger partial charge in [-0.3, -0.25) is 4.90 Å². The summed E-state index contributed by atoms with van der Waals surface area (Å²) in [7, 11) is 0. The first kappa shape index (κ1) is 12.2. The van der Waals surface area contributed by atoms with E-state index in [1.54, 1.807) is 0 Å². The molecule has 1 atom stereocenters. The van der Waals surface area contributed by atoms with Crippen molar-refractivity contribution in [2.75, 3.05) is 13.1 Å². The molecular weight excluding hydrogens is 220 g/mol. The highest BCUT2D eigenvalue weighted by Gasteiger charge is 2.47. The summed E-state index contributed by atoms with van der Waals surface area (Å²) in [6.07, 6.45) is 5.25. The van der Waals surface area contributed by atoms with Gasteiger partial charge in [0.15, 0.2) is 0 Å². The van der Waals surface area contributed by atoms with Crippen LogP contribution < -0.4 is 5.73 Å². The van der Waals surface area contributed by atoms with Crippen molar-refractivity contribution in [1.82, 2.24) is 4.90 Å². The lowest BCUT2D eigenvalue weighted by Crippen LogP contribution is -2.31. The Morgan fingerprint density at radius 1 is 1.17 bits per heavy atom. The third kappa shape index (κ3) is 2.19. The Bertz CT molecular complexity index is 398. The number of rotatable bonds is 4. The normalized spacial score (nSPS) is 24.1. The summed E-state index contributed by atoms with van der Waals surface area (Å²) in [6.45, 7) is 5.80. The van der Waals surface area contributed by atoms with Crippen LogP contribution in [0.4, 0.5) is 0 Å². The average molecular weight is 244 g/mol. The second-order valence-electron chi connectivity index (χ2n) is 6.12. The third-order valence-corrected chi connectivity index (χ3v) is 4.79. The van der Waals surface area contributed by atoms with Gasteiger partial charge in [-0.05, 0) is 56.8 Å². The van der Waals surface area contributed by atoms with E-state index in [0.717, 1.165) is 6.54 Å². The molecule has 1 saturated heterocycles. The lowest BCUT2D eigenvalue weighted by molar-refractivity contribution is 0.331. The molecule has 2 nitrogen and oxygen atoms in total. The molecule has 2 N–H and O–H groups in total. The minimum absolute atomic E-state index is 0.280. The van der Waals surface area contributed by atoms with Crippen LogP contribution in [0.3, 0.4) is 0 Å². The fraction of sp³-hybridized carbons (Fsp3) is 0.625. The number of benzene rings is 1. The molecule has 0 radical (unpaired) electrons. The van der Waals surface area contributed by atoms with Crippen LogP contribution in [0.25, 0.3) is 0 Å². The largest absolute Gasteiger partial charge is 0.327 e. The van der Waals surface area contributed by atoms with E-state index in [9.17, 15) is 0 Å². The predicted molar refractivity (Wildman–Crippen MR) is 75.5 cm³/mol. The first-order valence-electron chi connectivity index (χ1n) is 7.28. The maximum absolute atomic E-state index is 6.13. The Labute approximate surface area is 110 Å². The van der Waals surface area contributed by atoms with Gasteiger partial charge in [0.2, 0.25) is 0 Å². The first-order chi connectivity index (χ1) is 8.71. The molecule has 1 aromatic carbocycles. The second-order valence-corrected chi connectivity index (χ2v) is 6.12. The number of nitrogens with two attached hydrogens (primary N) is 1. The zero-order valence-electron chi connectivity index (χ0n) is 11.4. The highest BCUT2D eigenvalue weighted by molar-refractivity contribution is 5.35. The SMILES string of the molecule is CC(N)C1(c2ccc(CN3CCCC3)cc2)CC1. The van der Waals surface area contributed by atoms with Crippen molar-refractivity contribution in [2.24, 2.45) is 5.73 Å². The van der Waals surface area contributed by atoms with Crippen LogP contribution in [0.5, 0.6) is 0 Å². The molecule has 0 spiro atoms. The monoisotopic (exact) mass is 244 g/mol. The lowest BCUT2D eigenvalue weighted by atomic mass is 9.89. The molecule has 2 heteroatoms. The quantitative estimate of drug-likeness (QED) is 0.882. The van der Waals surface area contributed by atoms with Gasteiger partial charge >= 0.3 is 0 Å². The zero-order valence-corrected chi connectivity index (χ0v) is 11.4. The molecule has 98 valence electrons. The Morgan fingerprint density at radius 3 is 2.28 bits per heavy atom. The van der Waals surface area contributed by atoms with Gasteiger partial charge in [-0.2, -0.15) is 0 Å². The van der Waals surface area contributed by atoms with Crippen molar-refractivity contribution in [3.63, 3.8) is 0 Å². The molecule has 1 aromatic rings. The highest BCUT2D eigenvalue weighted by atomic mass is 15.1. The molecule has 1 aliphatic heterocycles. The van der Waals surface area contributed by atoms with Gasteiger partial charge < -0.3 is 5.73 Å². The summed E-state index contributed by atoms with van der Waals surface area (Å²) in [5.41, 5.74) is 9.32. The van der Waals surface area contributed by atoms with Crippen molar-refractivity contribution >= 4 is 0 Å². The molecule has 2 fully saturated rings. The number of likely N-dealkylation sites (tertiary alicyclic amines) is 1. The zero-order chi connectivity index (χ0) is 12.6. The van der Waals surface area contributed by atoms with Crippen LogP contribution in [-0.2, 0) is 12.0 Å². The summed E-state index contributed by atoms with van der Waals surface area (Å²) in [4.78, 5) is 2.55. The summed E-state index contributed by atoms with van der Waals surface area (Å²) < 4.78 is 0. The van der Waals surface area contributed by atoms with Gasteiger partial charge in [-0.15, -0.1) is 0 Å². The van der Waals surface area contributed by atoms with E-state index in [1.807, 2.05) is 0 Å². The Balaban J connectivity index is 1.69. The number of nitrogens with zero attached hydrogens (tertiary/aromatic N) is 1. The van der Waals surface area contributed by atoms with Crippen LogP contribution in [0.2, 0.25) is 0 Å². The second kappa shape index (κ2) is 4.67. The fourth-order valence-corrected chi connectivity index (χ4v) is 3.28. The van der Waals surface area contributed by atoms with Crippen LogP contribution in [-0.4, -0.2) is 24.0 Å². The van der Waals surface area contributed by atoms with Crippen LogP contribution in [0, 0.1) is 0 Å². The molecular formula is C16H24N2. The first-order valence-corrected chi connectivity index (χ1v) is 7.28. The summed E-state index contributed by atoms with van der Waals surface area (Å²) in [6, 6.07) is 9.50. The van der Waals surface area contributed by atoms with E-state index in [-0.39, 0.29) is 6.04 Å². The van der Waals surface area contributed by atoms with Crippen LogP contribution >= 0.6 is 0 Å². The van der Waals surface area contributed by atoms with Gasteiger partial charge in [0.05, 0.1) is 0 Å². The summed E-state index contributed by atoms with van der Waals surface area (Å²) in [5, 5.41) is 0.